The molecule has 14 heavy (non-hydrogen) atoms. The van der Waals surface area contributed by atoms with Crippen molar-refractivity contribution in [1.29, 1.82) is 0 Å². The number of carbonyl (C=O) groups excluding carboxylic acids is 2. The van der Waals surface area contributed by atoms with Gasteiger partial charge in [0, 0.05) is 6.42 Å². The van der Waals surface area contributed by atoms with Gasteiger partial charge < -0.3 is 5.11 Å². The standard InChI is InChI=1S/C10H9NO3/c12-7-3-1-2-6(4-7)8-5-9(13)11-10(8)14/h1-4,8,12H,5H2,(H,11,13,14). The fourth-order valence-corrected chi connectivity index (χ4v) is 1.56. The number of hydrogen-bond acceptors (Lipinski definition) is 3. The summed E-state index contributed by atoms with van der Waals surface area (Å²) in [7, 11) is 0. The highest BCUT2D eigenvalue weighted by Crippen LogP contribution is 2.26. The van der Waals surface area contributed by atoms with Gasteiger partial charge in [-0.3, -0.25) is 14.9 Å². The molecule has 72 valence electrons. The Bertz CT molecular complexity index is 400. The number of phenols is 1. The molecule has 0 saturated carbocycles. The Kier molecular flexibility index (Phi) is 1.96. The van der Waals surface area contributed by atoms with Crippen molar-refractivity contribution in [1.82, 2.24) is 5.32 Å². The first-order valence-electron chi connectivity index (χ1n) is 4.29. The lowest BCUT2D eigenvalue weighted by atomic mass is 9.97. The lowest BCUT2D eigenvalue weighted by Gasteiger charge is -2.05. The number of imide groups is 1. The molecule has 1 fully saturated rings. The highest BCUT2D eigenvalue weighted by molar-refractivity contribution is 6.06. The zero-order valence-corrected chi connectivity index (χ0v) is 7.36. The second-order valence-corrected chi connectivity index (χ2v) is 3.26. The number of amides is 2. The van der Waals surface area contributed by atoms with Gasteiger partial charge in [-0.25, -0.2) is 0 Å². The van der Waals surface area contributed by atoms with Crippen LogP contribution < -0.4 is 5.32 Å². The van der Waals surface area contributed by atoms with Crippen LogP contribution in [-0.4, -0.2) is 16.9 Å². The summed E-state index contributed by atoms with van der Waals surface area (Å²) in [5.41, 5.74) is 0.674. The van der Waals surface area contributed by atoms with Gasteiger partial charge in [0.2, 0.25) is 11.8 Å². The first-order chi connectivity index (χ1) is 6.66. The zero-order chi connectivity index (χ0) is 10.1. The van der Waals surface area contributed by atoms with Crippen molar-refractivity contribution in [3.8, 4) is 5.75 Å². The highest BCUT2D eigenvalue weighted by atomic mass is 16.3. The fourth-order valence-electron chi connectivity index (χ4n) is 1.56. The summed E-state index contributed by atoms with van der Waals surface area (Å²) in [6, 6.07) is 6.41. The fraction of sp³-hybridized carbons (Fsp3) is 0.200. The topological polar surface area (TPSA) is 66.4 Å². The molecule has 0 bridgehead atoms. The average Bonchev–Trinajstić information content (AvgIpc) is 2.45. The second-order valence-electron chi connectivity index (χ2n) is 3.26. The van der Waals surface area contributed by atoms with E-state index in [1.54, 1.807) is 12.1 Å². The van der Waals surface area contributed by atoms with Gasteiger partial charge >= 0.3 is 0 Å². The van der Waals surface area contributed by atoms with E-state index in [2.05, 4.69) is 5.32 Å². The first-order valence-corrected chi connectivity index (χ1v) is 4.29. The molecular weight excluding hydrogens is 182 g/mol. The van der Waals surface area contributed by atoms with Gasteiger partial charge in [-0.05, 0) is 17.7 Å². The van der Waals surface area contributed by atoms with E-state index >= 15 is 0 Å². The molecular formula is C10H9NO3. The Morgan fingerprint density at radius 1 is 1.36 bits per heavy atom. The predicted molar refractivity (Wildman–Crippen MR) is 48.6 cm³/mol. The van der Waals surface area contributed by atoms with Crippen molar-refractivity contribution >= 4 is 11.8 Å². The molecule has 0 aromatic heterocycles. The first kappa shape index (κ1) is 8.74. The van der Waals surface area contributed by atoms with Crippen molar-refractivity contribution in [2.75, 3.05) is 0 Å². The van der Waals surface area contributed by atoms with E-state index in [1.807, 2.05) is 0 Å². The van der Waals surface area contributed by atoms with Crippen LogP contribution in [0.25, 0.3) is 0 Å². The molecule has 0 radical (unpaired) electrons. The molecule has 2 rings (SSSR count). The quantitative estimate of drug-likeness (QED) is 0.636. The number of hydrogen-bond donors (Lipinski definition) is 2. The van der Waals surface area contributed by atoms with Gasteiger partial charge in [-0.1, -0.05) is 12.1 Å². The lowest BCUT2D eigenvalue weighted by molar-refractivity contribution is -0.125. The Balaban J connectivity index is 2.31. The van der Waals surface area contributed by atoms with Crippen molar-refractivity contribution < 1.29 is 14.7 Å². The molecule has 1 aliphatic rings. The molecule has 2 N–H and O–H groups in total. The minimum atomic E-state index is -0.449. The molecule has 4 heteroatoms. The van der Waals surface area contributed by atoms with Crippen LogP contribution in [0.1, 0.15) is 17.9 Å². The van der Waals surface area contributed by atoms with Crippen molar-refractivity contribution in [2.45, 2.75) is 12.3 Å². The summed E-state index contributed by atoms with van der Waals surface area (Å²) in [5.74, 6) is -0.895. The summed E-state index contributed by atoms with van der Waals surface area (Å²) in [5, 5.41) is 11.4. The summed E-state index contributed by atoms with van der Waals surface area (Å²) in [4.78, 5) is 22.2. The second kappa shape index (κ2) is 3.14. The Labute approximate surface area is 80.6 Å². The smallest absolute Gasteiger partial charge is 0.234 e. The highest BCUT2D eigenvalue weighted by Gasteiger charge is 2.31. The normalized spacial score (nSPS) is 21.0. The largest absolute Gasteiger partial charge is 0.508 e. The van der Waals surface area contributed by atoms with Gasteiger partial charge in [0.25, 0.3) is 0 Å². The number of aromatic hydroxyl groups is 1. The van der Waals surface area contributed by atoms with E-state index in [0.29, 0.717) is 5.56 Å². The minimum absolute atomic E-state index is 0.106. The Morgan fingerprint density at radius 3 is 2.71 bits per heavy atom. The lowest BCUT2D eigenvalue weighted by Crippen LogP contribution is -2.21. The maximum Gasteiger partial charge on any atom is 0.234 e. The van der Waals surface area contributed by atoms with Crippen LogP contribution in [0.3, 0.4) is 0 Å². The minimum Gasteiger partial charge on any atom is -0.508 e. The molecule has 1 atom stereocenters. The zero-order valence-electron chi connectivity index (χ0n) is 7.36. The van der Waals surface area contributed by atoms with Gasteiger partial charge in [-0.2, -0.15) is 0 Å². The van der Waals surface area contributed by atoms with E-state index in [4.69, 9.17) is 0 Å². The van der Waals surface area contributed by atoms with Crippen molar-refractivity contribution in [3.05, 3.63) is 29.8 Å². The summed E-state index contributed by atoms with van der Waals surface area (Å²) < 4.78 is 0. The van der Waals surface area contributed by atoms with Crippen molar-refractivity contribution in [2.24, 2.45) is 0 Å². The molecule has 0 aliphatic carbocycles. The molecule has 0 spiro atoms. The third kappa shape index (κ3) is 1.46. The molecule has 1 aromatic carbocycles. The maximum atomic E-state index is 11.3. The van der Waals surface area contributed by atoms with E-state index in [0.717, 1.165) is 0 Å². The van der Waals surface area contributed by atoms with Crippen LogP contribution in [0.15, 0.2) is 24.3 Å². The maximum absolute atomic E-state index is 11.3. The SMILES string of the molecule is O=C1CC(c2cccc(O)c2)C(=O)N1. The summed E-state index contributed by atoms with van der Waals surface area (Å²) in [6.45, 7) is 0. The Hall–Kier alpha value is -1.84. The predicted octanol–water partition coefficient (Wildman–Crippen LogP) is 0.522. The van der Waals surface area contributed by atoms with Crippen LogP contribution in [-0.2, 0) is 9.59 Å². The summed E-state index contributed by atoms with van der Waals surface area (Å²) in [6.07, 6.45) is 0.169. The number of carbonyl (C=O) groups is 2. The van der Waals surface area contributed by atoms with Gasteiger partial charge in [0.05, 0.1) is 5.92 Å². The molecule has 1 unspecified atom stereocenters. The van der Waals surface area contributed by atoms with Crippen LogP contribution in [0, 0.1) is 0 Å². The van der Waals surface area contributed by atoms with E-state index in [1.165, 1.54) is 12.1 Å². The molecule has 4 nitrogen and oxygen atoms in total. The van der Waals surface area contributed by atoms with Crippen LogP contribution in [0.2, 0.25) is 0 Å². The van der Waals surface area contributed by atoms with Gasteiger partial charge in [-0.15, -0.1) is 0 Å². The van der Waals surface area contributed by atoms with Crippen LogP contribution >= 0.6 is 0 Å². The monoisotopic (exact) mass is 191 g/mol. The van der Waals surface area contributed by atoms with Gasteiger partial charge in [0.1, 0.15) is 5.75 Å². The third-order valence-corrected chi connectivity index (χ3v) is 2.24. The Morgan fingerprint density at radius 2 is 2.14 bits per heavy atom. The van der Waals surface area contributed by atoms with Crippen LogP contribution in [0.4, 0.5) is 0 Å². The van der Waals surface area contributed by atoms with E-state index in [9.17, 15) is 14.7 Å². The number of phenolic OH excluding ortho intramolecular Hbond substituents is 1. The molecule has 1 heterocycles. The average molecular weight is 191 g/mol. The van der Waals surface area contributed by atoms with E-state index < -0.39 is 5.92 Å². The van der Waals surface area contributed by atoms with Crippen molar-refractivity contribution in [3.63, 3.8) is 0 Å². The summed E-state index contributed by atoms with van der Waals surface area (Å²) >= 11 is 0. The molecule has 1 saturated heterocycles. The third-order valence-electron chi connectivity index (χ3n) is 2.24. The van der Waals surface area contributed by atoms with Crippen LogP contribution in [0.5, 0.6) is 5.75 Å². The van der Waals surface area contributed by atoms with E-state index in [-0.39, 0.29) is 24.0 Å². The number of nitrogens with one attached hydrogen (secondary N) is 1. The molecule has 2 amide bonds. The molecule has 1 aromatic rings. The number of benzene rings is 1. The van der Waals surface area contributed by atoms with Gasteiger partial charge in [0.15, 0.2) is 0 Å². The molecule has 1 aliphatic heterocycles. The number of rotatable bonds is 1.